The molecule has 1 aliphatic rings. The summed E-state index contributed by atoms with van der Waals surface area (Å²) in [6.45, 7) is 4.00. The first-order chi connectivity index (χ1) is 8.47. The number of benzene rings is 1. The Morgan fingerprint density at radius 1 is 1.33 bits per heavy atom. The second kappa shape index (κ2) is 5.07. The van der Waals surface area contributed by atoms with Crippen molar-refractivity contribution in [2.45, 2.75) is 31.3 Å². The van der Waals surface area contributed by atoms with Crippen LogP contribution in [0.25, 0.3) is 0 Å². The van der Waals surface area contributed by atoms with Gasteiger partial charge in [-0.15, -0.1) is 0 Å². The van der Waals surface area contributed by atoms with Crippen molar-refractivity contribution in [2.75, 3.05) is 6.54 Å². The van der Waals surface area contributed by atoms with Gasteiger partial charge in [-0.1, -0.05) is 22.9 Å². The maximum absolute atomic E-state index is 12.0. The van der Waals surface area contributed by atoms with E-state index in [2.05, 4.69) is 9.88 Å². The van der Waals surface area contributed by atoms with E-state index in [0.29, 0.717) is 6.42 Å². The summed E-state index contributed by atoms with van der Waals surface area (Å²) in [6.07, 6.45) is 0.460. The fourth-order valence-electron chi connectivity index (χ4n) is 1.68. The van der Waals surface area contributed by atoms with E-state index in [1.807, 2.05) is 13.8 Å². The Morgan fingerprint density at radius 3 is 2.56 bits per heavy atom. The lowest BCUT2D eigenvalue weighted by molar-refractivity contribution is 0.0891. The topological polar surface area (TPSA) is 67.8 Å². The van der Waals surface area contributed by atoms with E-state index in [1.54, 1.807) is 24.3 Å². The number of hydrogen-bond donors (Lipinski definition) is 1. The molecule has 1 aromatic carbocycles. The summed E-state index contributed by atoms with van der Waals surface area (Å²) in [5.41, 5.74) is 1.91. The van der Waals surface area contributed by atoms with Crippen LogP contribution in [0.1, 0.15) is 18.9 Å². The molecular weight excluding hydrogens is 252 g/mol. The number of aryl methyl sites for hydroxylation is 1. The Labute approximate surface area is 107 Å². The van der Waals surface area contributed by atoms with Gasteiger partial charge in [0, 0.05) is 6.42 Å². The lowest BCUT2D eigenvalue weighted by atomic mass is 10.2. The van der Waals surface area contributed by atoms with Crippen LogP contribution in [0.2, 0.25) is 0 Å². The van der Waals surface area contributed by atoms with Gasteiger partial charge in [-0.3, -0.25) is 0 Å². The van der Waals surface area contributed by atoms with Gasteiger partial charge in [0.25, 0.3) is 0 Å². The summed E-state index contributed by atoms with van der Waals surface area (Å²) >= 11 is 0. The highest BCUT2D eigenvalue weighted by molar-refractivity contribution is 7.89. The van der Waals surface area contributed by atoms with Gasteiger partial charge < -0.3 is 4.84 Å². The minimum Gasteiger partial charge on any atom is -0.391 e. The summed E-state index contributed by atoms with van der Waals surface area (Å²) in [5, 5.41) is 3.78. The van der Waals surface area contributed by atoms with Gasteiger partial charge in [0.05, 0.1) is 17.2 Å². The molecule has 0 aliphatic carbocycles. The second-order valence-electron chi connectivity index (χ2n) is 4.42. The van der Waals surface area contributed by atoms with E-state index in [1.165, 1.54) is 0 Å². The number of hydrogen-bond acceptors (Lipinski definition) is 4. The average Bonchev–Trinajstić information content (AvgIpc) is 2.73. The third-order valence-electron chi connectivity index (χ3n) is 2.71. The van der Waals surface area contributed by atoms with E-state index < -0.39 is 10.0 Å². The molecule has 18 heavy (non-hydrogen) atoms. The molecule has 5 nitrogen and oxygen atoms in total. The lowest BCUT2D eigenvalue weighted by Gasteiger charge is -2.10. The zero-order valence-corrected chi connectivity index (χ0v) is 11.2. The fourth-order valence-corrected chi connectivity index (χ4v) is 2.75. The molecule has 1 aromatic rings. The largest absolute Gasteiger partial charge is 0.391 e. The van der Waals surface area contributed by atoms with Crippen molar-refractivity contribution in [1.82, 2.24) is 4.72 Å². The number of nitrogens with one attached hydrogen (secondary N) is 1. The highest BCUT2D eigenvalue weighted by Crippen LogP contribution is 2.12. The van der Waals surface area contributed by atoms with Crippen LogP contribution >= 0.6 is 0 Å². The molecule has 0 bridgehead atoms. The monoisotopic (exact) mass is 268 g/mol. The van der Waals surface area contributed by atoms with Gasteiger partial charge >= 0.3 is 0 Å². The molecule has 0 amide bonds. The maximum atomic E-state index is 12.0. The second-order valence-corrected chi connectivity index (χ2v) is 6.19. The molecule has 1 aliphatic heterocycles. The van der Waals surface area contributed by atoms with Crippen LogP contribution in [-0.4, -0.2) is 26.8 Å². The summed E-state index contributed by atoms with van der Waals surface area (Å²) in [5.74, 6) is 0. The molecule has 0 fully saturated rings. The van der Waals surface area contributed by atoms with Crippen molar-refractivity contribution in [3.63, 3.8) is 0 Å². The molecule has 6 heteroatoms. The van der Waals surface area contributed by atoms with Crippen molar-refractivity contribution in [3.8, 4) is 0 Å². The van der Waals surface area contributed by atoms with Crippen LogP contribution in [0.3, 0.4) is 0 Å². The van der Waals surface area contributed by atoms with E-state index in [9.17, 15) is 8.42 Å². The molecule has 98 valence electrons. The predicted molar refractivity (Wildman–Crippen MR) is 69.0 cm³/mol. The minimum absolute atomic E-state index is 0.203. The Hall–Kier alpha value is -1.40. The minimum atomic E-state index is -3.46. The summed E-state index contributed by atoms with van der Waals surface area (Å²) in [7, 11) is -3.46. The third kappa shape index (κ3) is 3.08. The van der Waals surface area contributed by atoms with Gasteiger partial charge in [0.15, 0.2) is 0 Å². The lowest BCUT2D eigenvalue weighted by Crippen LogP contribution is -2.32. The van der Waals surface area contributed by atoms with Crippen LogP contribution in [0.4, 0.5) is 0 Å². The number of nitrogens with zero attached hydrogens (tertiary/aromatic N) is 1. The van der Waals surface area contributed by atoms with Gasteiger partial charge in [-0.2, -0.15) is 0 Å². The average molecular weight is 268 g/mol. The van der Waals surface area contributed by atoms with Crippen LogP contribution in [-0.2, 0) is 14.9 Å². The number of sulfonamides is 1. The van der Waals surface area contributed by atoms with Crippen LogP contribution in [0.5, 0.6) is 0 Å². The maximum Gasteiger partial charge on any atom is 0.240 e. The van der Waals surface area contributed by atoms with Crippen molar-refractivity contribution >= 4 is 15.7 Å². The molecule has 0 aromatic heterocycles. The molecule has 0 spiro atoms. The Kier molecular flexibility index (Phi) is 3.68. The third-order valence-corrected chi connectivity index (χ3v) is 4.15. The smallest absolute Gasteiger partial charge is 0.240 e. The fraction of sp³-hybridized carbons (Fsp3) is 0.417. The predicted octanol–water partition coefficient (Wildman–Crippen LogP) is 1.44. The normalized spacial score (nSPS) is 19.4. The molecule has 0 unspecified atom stereocenters. The first-order valence-electron chi connectivity index (χ1n) is 5.73. The van der Waals surface area contributed by atoms with Crippen LogP contribution in [0.15, 0.2) is 34.3 Å². The Bertz CT molecular complexity index is 549. The van der Waals surface area contributed by atoms with E-state index in [0.717, 1.165) is 11.3 Å². The highest BCUT2D eigenvalue weighted by Gasteiger charge is 2.21. The van der Waals surface area contributed by atoms with Gasteiger partial charge in [0.2, 0.25) is 10.0 Å². The summed E-state index contributed by atoms with van der Waals surface area (Å²) in [4.78, 5) is 5.34. The highest BCUT2D eigenvalue weighted by atomic mass is 32.2. The van der Waals surface area contributed by atoms with Crippen molar-refractivity contribution in [1.29, 1.82) is 0 Å². The first-order valence-corrected chi connectivity index (χ1v) is 7.21. The summed E-state index contributed by atoms with van der Waals surface area (Å²) in [6, 6.07) is 6.73. The van der Waals surface area contributed by atoms with E-state index in [-0.39, 0.29) is 17.5 Å². The molecule has 1 heterocycles. The molecule has 2 rings (SSSR count). The van der Waals surface area contributed by atoms with Gasteiger partial charge in [0.1, 0.15) is 6.10 Å². The van der Waals surface area contributed by atoms with Gasteiger partial charge in [-0.25, -0.2) is 13.1 Å². The molecule has 0 saturated heterocycles. The SMILES string of the molecule is CC1=NO[C@@H](CNS(=O)(=O)c2ccc(C)cc2)C1. The summed E-state index contributed by atoms with van der Waals surface area (Å²) < 4.78 is 26.5. The standard InChI is InChI=1S/C12H16N2O3S/c1-9-3-5-12(6-4-9)18(15,16)13-8-11-7-10(2)14-17-11/h3-6,11,13H,7-8H2,1-2H3/t11-/m1/s1. The van der Waals surface area contributed by atoms with Crippen LogP contribution in [0, 0.1) is 6.92 Å². The molecular formula is C12H16N2O3S. The molecule has 1 N–H and O–H groups in total. The van der Waals surface area contributed by atoms with Crippen molar-refractivity contribution < 1.29 is 13.3 Å². The number of oxime groups is 1. The van der Waals surface area contributed by atoms with E-state index in [4.69, 9.17) is 4.84 Å². The quantitative estimate of drug-likeness (QED) is 0.898. The Balaban J connectivity index is 1.98. The zero-order chi connectivity index (χ0) is 13.2. The van der Waals surface area contributed by atoms with Crippen molar-refractivity contribution in [2.24, 2.45) is 5.16 Å². The number of rotatable bonds is 4. The van der Waals surface area contributed by atoms with E-state index >= 15 is 0 Å². The van der Waals surface area contributed by atoms with Gasteiger partial charge in [-0.05, 0) is 26.0 Å². The molecule has 1 atom stereocenters. The molecule has 0 radical (unpaired) electrons. The zero-order valence-electron chi connectivity index (χ0n) is 10.4. The first kappa shape index (κ1) is 13.0. The van der Waals surface area contributed by atoms with Crippen LogP contribution < -0.4 is 4.72 Å². The van der Waals surface area contributed by atoms with Crippen molar-refractivity contribution in [3.05, 3.63) is 29.8 Å². The Morgan fingerprint density at radius 2 is 2.00 bits per heavy atom. The molecule has 0 saturated carbocycles.